The lowest BCUT2D eigenvalue weighted by atomic mass is 9.83. The second-order valence-electron chi connectivity index (χ2n) is 7.19. The molecule has 0 spiro atoms. The molecule has 4 rings (SSSR count). The van der Waals surface area contributed by atoms with E-state index in [9.17, 15) is 9.90 Å². The van der Waals surface area contributed by atoms with Gasteiger partial charge in [-0.05, 0) is 30.5 Å². The number of fused-ring (bicyclic) bond motifs is 4. The zero-order valence-electron chi connectivity index (χ0n) is 14.3. The fourth-order valence-electron chi connectivity index (χ4n) is 4.20. The van der Waals surface area contributed by atoms with Crippen LogP contribution in [-0.4, -0.2) is 46.9 Å². The molecule has 132 valence electrons. The molecule has 1 saturated heterocycles. The summed E-state index contributed by atoms with van der Waals surface area (Å²) in [7, 11) is 0. The van der Waals surface area contributed by atoms with Gasteiger partial charge >= 0.3 is 0 Å². The molecule has 3 atom stereocenters. The smallest absolute Gasteiger partial charge is 0.250 e. The van der Waals surface area contributed by atoms with Gasteiger partial charge in [0.05, 0.1) is 0 Å². The number of aliphatic hydroxyl groups excluding tert-OH is 1. The van der Waals surface area contributed by atoms with Gasteiger partial charge in [0.25, 0.3) is 5.56 Å². The quantitative estimate of drug-likeness (QED) is 0.900. The van der Waals surface area contributed by atoms with E-state index < -0.39 is 6.10 Å². The van der Waals surface area contributed by atoms with Crippen molar-refractivity contribution in [2.24, 2.45) is 5.92 Å². The maximum atomic E-state index is 12.1. The third-order valence-electron chi connectivity index (χ3n) is 5.21. The van der Waals surface area contributed by atoms with Crippen molar-refractivity contribution in [1.29, 1.82) is 0 Å². The summed E-state index contributed by atoms with van der Waals surface area (Å²) in [6.45, 7) is 3.52. The third kappa shape index (κ3) is 3.62. The molecule has 2 aromatic rings. The average Bonchev–Trinajstić information content (AvgIpc) is 2.62. The predicted octanol–water partition coefficient (Wildman–Crippen LogP) is 1.71. The maximum Gasteiger partial charge on any atom is 0.250 e. The minimum atomic E-state index is -0.517. The highest BCUT2D eigenvalue weighted by Crippen LogP contribution is 2.34. The summed E-state index contributed by atoms with van der Waals surface area (Å²) < 4.78 is 7.59. The number of likely N-dealkylation sites (tertiary alicyclic amines) is 1. The van der Waals surface area contributed by atoms with Crippen molar-refractivity contribution in [3.8, 4) is 5.75 Å². The summed E-state index contributed by atoms with van der Waals surface area (Å²) in [5, 5.41) is 10.3. The van der Waals surface area contributed by atoms with Crippen molar-refractivity contribution in [2.75, 3.05) is 26.2 Å². The van der Waals surface area contributed by atoms with Crippen molar-refractivity contribution in [1.82, 2.24) is 9.47 Å². The van der Waals surface area contributed by atoms with Crippen LogP contribution in [0.5, 0.6) is 5.75 Å². The molecule has 2 aliphatic rings. The standard InChI is InChI=1S/C20H24N2O3/c23-17(14-25-18-5-2-1-3-6-18)13-21-10-15-9-16(12-21)19-7-4-8-20(24)22(19)11-15/h1-8,15-17,23H,9-14H2/t15-,16+,17?/m1/s1. The Kier molecular flexibility index (Phi) is 4.59. The number of rotatable bonds is 5. The summed E-state index contributed by atoms with van der Waals surface area (Å²) >= 11 is 0. The van der Waals surface area contributed by atoms with Crippen LogP contribution in [0.1, 0.15) is 18.0 Å². The zero-order chi connectivity index (χ0) is 17.2. The molecule has 2 aliphatic heterocycles. The molecule has 0 saturated carbocycles. The van der Waals surface area contributed by atoms with E-state index in [1.807, 2.05) is 41.0 Å². The topological polar surface area (TPSA) is 54.7 Å². The number of benzene rings is 1. The van der Waals surface area contributed by atoms with Gasteiger partial charge in [0, 0.05) is 43.9 Å². The number of para-hydroxylation sites is 1. The predicted molar refractivity (Wildman–Crippen MR) is 95.9 cm³/mol. The molecule has 1 N–H and O–H groups in total. The summed E-state index contributed by atoms with van der Waals surface area (Å²) in [5.41, 5.74) is 1.25. The molecule has 5 nitrogen and oxygen atoms in total. The monoisotopic (exact) mass is 340 g/mol. The summed E-state index contributed by atoms with van der Waals surface area (Å²) in [5.74, 6) is 1.64. The first-order chi connectivity index (χ1) is 12.2. The van der Waals surface area contributed by atoms with Gasteiger partial charge in [-0.1, -0.05) is 24.3 Å². The number of aliphatic hydroxyl groups is 1. The highest BCUT2D eigenvalue weighted by molar-refractivity contribution is 5.21. The Balaban J connectivity index is 1.36. The van der Waals surface area contributed by atoms with Gasteiger partial charge < -0.3 is 14.4 Å². The maximum absolute atomic E-state index is 12.1. The van der Waals surface area contributed by atoms with Gasteiger partial charge in [-0.3, -0.25) is 9.69 Å². The Morgan fingerprint density at radius 3 is 2.76 bits per heavy atom. The summed E-state index contributed by atoms with van der Waals surface area (Å²) in [6.07, 6.45) is 0.619. The van der Waals surface area contributed by atoms with Crippen LogP contribution in [0.25, 0.3) is 0 Å². The average molecular weight is 340 g/mol. The SMILES string of the molecule is O=c1cccc2n1C[C@@H]1C[C@H]2CN(CC(O)COc2ccccc2)C1. The molecule has 1 aromatic carbocycles. The molecule has 1 aromatic heterocycles. The van der Waals surface area contributed by atoms with Gasteiger partial charge in [0.1, 0.15) is 18.5 Å². The second-order valence-corrected chi connectivity index (χ2v) is 7.19. The molecule has 5 heteroatoms. The lowest BCUT2D eigenvalue weighted by Gasteiger charge is -2.43. The van der Waals surface area contributed by atoms with Crippen LogP contribution in [0.4, 0.5) is 0 Å². The number of pyridine rings is 1. The largest absolute Gasteiger partial charge is 0.491 e. The Hall–Kier alpha value is -2.11. The molecular weight excluding hydrogens is 316 g/mol. The van der Waals surface area contributed by atoms with E-state index >= 15 is 0 Å². The van der Waals surface area contributed by atoms with Crippen LogP contribution in [-0.2, 0) is 6.54 Å². The van der Waals surface area contributed by atoms with Crippen LogP contribution in [0, 0.1) is 5.92 Å². The lowest BCUT2D eigenvalue weighted by Crippen LogP contribution is -2.49. The molecule has 0 aliphatic carbocycles. The van der Waals surface area contributed by atoms with Gasteiger partial charge in [-0.25, -0.2) is 0 Å². The van der Waals surface area contributed by atoms with E-state index in [4.69, 9.17) is 4.74 Å². The Labute approximate surface area is 147 Å². The molecule has 1 unspecified atom stereocenters. The van der Waals surface area contributed by atoms with E-state index in [-0.39, 0.29) is 5.56 Å². The summed E-state index contributed by atoms with van der Waals surface area (Å²) in [4.78, 5) is 14.4. The van der Waals surface area contributed by atoms with E-state index in [1.165, 1.54) is 0 Å². The molecule has 2 bridgehead atoms. The second kappa shape index (κ2) is 7.02. The first kappa shape index (κ1) is 16.4. The van der Waals surface area contributed by atoms with Gasteiger partial charge in [0.2, 0.25) is 0 Å². The summed E-state index contributed by atoms with van der Waals surface area (Å²) in [6, 6.07) is 15.2. The fraction of sp³-hybridized carbons (Fsp3) is 0.450. The van der Waals surface area contributed by atoms with Crippen LogP contribution >= 0.6 is 0 Å². The lowest BCUT2D eigenvalue weighted by molar-refractivity contribution is 0.0384. The number of hydrogen-bond donors (Lipinski definition) is 1. The molecule has 0 radical (unpaired) electrons. The van der Waals surface area contributed by atoms with Crippen LogP contribution < -0.4 is 10.3 Å². The normalized spacial score (nSPS) is 23.7. The Morgan fingerprint density at radius 1 is 1.08 bits per heavy atom. The van der Waals surface area contributed by atoms with Crippen LogP contribution in [0.2, 0.25) is 0 Å². The van der Waals surface area contributed by atoms with E-state index in [0.717, 1.165) is 37.5 Å². The Bertz CT molecular complexity index is 774. The van der Waals surface area contributed by atoms with E-state index in [1.54, 1.807) is 6.07 Å². The van der Waals surface area contributed by atoms with Crippen LogP contribution in [0.15, 0.2) is 53.3 Å². The van der Waals surface area contributed by atoms with Crippen molar-refractivity contribution >= 4 is 0 Å². The highest BCUT2D eigenvalue weighted by atomic mass is 16.5. The molecule has 25 heavy (non-hydrogen) atoms. The molecule has 3 heterocycles. The van der Waals surface area contributed by atoms with Crippen molar-refractivity contribution < 1.29 is 9.84 Å². The first-order valence-electron chi connectivity index (χ1n) is 8.97. The van der Waals surface area contributed by atoms with E-state index in [2.05, 4.69) is 11.0 Å². The minimum Gasteiger partial charge on any atom is -0.491 e. The van der Waals surface area contributed by atoms with Gasteiger partial charge in [0.15, 0.2) is 0 Å². The zero-order valence-corrected chi connectivity index (χ0v) is 14.3. The minimum absolute atomic E-state index is 0.108. The highest BCUT2D eigenvalue weighted by Gasteiger charge is 2.34. The van der Waals surface area contributed by atoms with Gasteiger partial charge in [-0.15, -0.1) is 0 Å². The molecule has 0 amide bonds. The van der Waals surface area contributed by atoms with Gasteiger partial charge in [-0.2, -0.15) is 0 Å². The first-order valence-corrected chi connectivity index (χ1v) is 8.97. The number of piperidine rings is 1. The molecular formula is C20H24N2O3. The molecule has 1 fully saturated rings. The van der Waals surface area contributed by atoms with E-state index in [0.29, 0.717) is 25.0 Å². The van der Waals surface area contributed by atoms with Crippen molar-refractivity contribution in [3.63, 3.8) is 0 Å². The van der Waals surface area contributed by atoms with Crippen molar-refractivity contribution in [2.45, 2.75) is 25.0 Å². The van der Waals surface area contributed by atoms with Crippen molar-refractivity contribution in [3.05, 3.63) is 64.6 Å². The number of β-amino-alcohol motifs (C(OH)–C–C–N with tert-alkyl or cyclic N) is 1. The third-order valence-corrected chi connectivity index (χ3v) is 5.21. The number of ether oxygens (including phenoxy) is 1. The number of nitrogens with zero attached hydrogens (tertiary/aromatic N) is 2. The van der Waals surface area contributed by atoms with Crippen LogP contribution in [0.3, 0.4) is 0 Å². The number of hydrogen-bond acceptors (Lipinski definition) is 4. The number of aromatic nitrogens is 1. The Morgan fingerprint density at radius 2 is 1.92 bits per heavy atom. The fourth-order valence-corrected chi connectivity index (χ4v) is 4.20.